The summed E-state index contributed by atoms with van der Waals surface area (Å²) in [5.41, 5.74) is 2.22. The number of hydrazine groups is 1. The molecule has 1 aromatic rings. The molecule has 14 heavy (non-hydrogen) atoms. The van der Waals surface area contributed by atoms with Crippen LogP contribution in [0, 0.1) is 5.82 Å². The number of ether oxygens (including phenoxy) is 1. The Morgan fingerprint density at radius 1 is 1.64 bits per heavy atom. The fourth-order valence-electron chi connectivity index (χ4n) is 0.832. The molecule has 1 aromatic heterocycles. The first-order valence-corrected chi connectivity index (χ1v) is 4.00. The second-order valence-corrected chi connectivity index (χ2v) is 2.45. The molecule has 0 unspecified atom stereocenters. The molecule has 0 saturated heterocycles. The number of nitrogens with zero attached hydrogens (tertiary/aromatic N) is 2. The minimum atomic E-state index is -0.528. The van der Waals surface area contributed by atoms with Crippen molar-refractivity contribution in [2.45, 2.75) is 0 Å². The lowest BCUT2D eigenvalue weighted by Gasteiger charge is -2.06. The number of hydrogen-bond donors (Lipinski definition) is 3. The SMILES string of the molecule is COCCNc1nc(NN)ncc1F. The molecule has 0 atom stereocenters. The summed E-state index contributed by atoms with van der Waals surface area (Å²) in [6, 6.07) is 0. The van der Waals surface area contributed by atoms with Crippen molar-refractivity contribution in [3.63, 3.8) is 0 Å². The monoisotopic (exact) mass is 201 g/mol. The second-order valence-electron chi connectivity index (χ2n) is 2.45. The summed E-state index contributed by atoms with van der Waals surface area (Å²) in [4.78, 5) is 7.37. The molecule has 0 aliphatic heterocycles. The van der Waals surface area contributed by atoms with E-state index in [0.29, 0.717) is 13.2 Å². The third kappa shape index (κ3) is 2.79. The maximum Gasteiger partial charge on any atom is 0.239 e. The average molecular weight is 201 g/mol. The first-order chi connectivity index (χ1) is 6.77. The van der Waals surface area contributed by atoms with Crippen molar-refractivity contribution in [3.8, 4) is 0 Å². The normalized spacial score (nSPS) is 9.93. The van der Waals surface area contributed by atoms with Crippen LogP contribution in [0.5, 0.6) is 0 Å². The highest BCUT2D eigenvalue weighted by atomic mass is 19.1. The van der Waals surface area contributed by atoms with Crippen molar-refractivity contribution < 1.29 is 9.13 Å². The quantitative estimate of drug-likeness (QED) is 0.352. The van der Waals surface area contributed by atoms with Crippen molar-refractivity contribution >= 4 is 11.8 Å². The van der Waals surface area contributed by atoms with Crippen LogP contribution in [0.2, 0.25) is 0 Å². The largest absolute Gasteiger partial charge is 0.383 e. The molecule has 78 valence electrons. The minimum Gasteiger partial charge on any atom is -0.383 e. The van der Waals surface area contributed by atoms with Crippen molar-refractivity contribution in [2.24, 2.45) is 5.84 Å². The summed E-state index contributed by atoms with van der Waals surface area (Å²) in [5.74, 6) is 4.81. The second kappa shape index (κ2) is 5.30. The maximum atomic E-state index is 13.0. The van der Waals surface area contributed by atoms with Gasteiger partial charge in [-0.3, -0.25) is 5.43 Å². The fourth-order valence-corrected chi connectivity index (χ4v) is 0.832. The van der Waals surface area contributed by atoms with E-state index in [1.54, 1.807) is 7.11 Å². The average Bonchev–Trinajstić information content (AvgIpc) is 2.21. The molecule has 1 rings (SSSR count). The summed E-state index contributed by atoms with van der Waals surface area (Å²) >= 11 is 0. The number of methoxy groups -OCH3 is 1. The van der Waals surface area contributed by atoms with E-state index in [9.17, 15) is 4.39 Å². The van der Waals surface area contributed by atoms with Crippen LogP contribution in [0.3, 0.4) is 0 Å². The maximum absolute atomic E-state index is 13.0. The summed E-state index contributed by atoms with van der Waals surface area (Å²) in [6.45, 7) is 0.934. The Morgan fingerprint density at radius 3 is 3.07 bits per heavy atom. The lowest BCUT2D eigenvalue weighted by Crippen LogP contribution is -2.14. The molecule has 0 radical (unpaired) electrons. The highest BCUT2D eigenvalue weighted by Crippen LogP contribution is 2.10. The Kier molecular flexibility index (Phi) is 4.02. The molecule has 0 aliphatic rings. The topological polar surface area (TPSA) is 85.1 Å². The van der Waals surface area contributed by atoms with E-state index < -0.39 is 5.82 Å². The van der Waals surface area contributed by atoms with Crippen LogP contribution in [0.15, 0.2) is 6.20 Å². The Bertz CT molecular complexity index is 295. The van der Waals surface area contributed by atoms with Gasteiger partial charge in [0.15, 0.2) is 11.6 Å². The van der Waals surface area contributed by atoms with Crippen molar-refractivity contribution in [2.75, 3.05) is 31.0 Å². The van der Waals surface area contributed by atoms with E-state index in [-0.39, 0.29) is 11.8 Å². The molecule has 0 aliphatic carbocycles. The van der Waals surface area contributed by atoms with Gasteiger partial charge in [-0.25, -0.2) is 15.2 Å². The van der Waals surface area contributed by atoms with Crippen LogP contribution in [0.4, 0.5) is 16.2 Å². The number of aromatic nitrogens is 2. The van der Waals surface area contributed by atoms with Crippen molar-refractivity contribution in [1.29, 1.82) is 0 Å². The van der Waals surface area contributed by atoms with Gasteiger partial charge in [-0.15, -0.1) is 0 Å². The number of halogens is 1. The van der Waals surface area contributed by atoms with Crippen LogP contribution >= 0.6 is 0 Å². The summed E-state index contributed by atoms with van der Waals surface area (Å²) in [6.07, 6.45) is 1.04. The number of nitrogen functional groups attached to an aromatic ring is 1. The Hall–Kier alpha value is -1.47. The van der Waals surface area contributed by atoms with Gasteiger partial charge in [0, 0.05) is 13.7 Å². The summed E-state index contributed by atoms with van der Waals surface area (Å²) < 4.78 is 17.8. The number of rotatable bonds is 5. The third-order valence-corrected chi connectivity index (χ3v) is 1.47. The first kappa shape index (κ1) is 10.6. The number of hydrogen-bond acceptors (Lipinski definition) is 6. The van der Waals surface area contributed by atoms with E-state index >= 15 is 0 Å². The van der Waals surface area contributed by atoms with Gasteiger partial charge in [-0.2, -0.15) is 4.98 Å². The molecule has 4 N–H and O–H groups in total. The molecule has 6 nitrogen and oxygen atoms in total. The molecule has 0 saturated carbocycles. The van der Waals surface area contributed by atoms with Gasteiger partial charge in [0.1, 0.15) is 0 Å². The highest BCUT2D eigenvalue weighted by molar-refractivity contribution is 5.40. The van der Waals surface area contributed by atoms with Gasteiger partial charge in [-0.1, -0.05) is 0 Å². The fraction of sp³-hybridized carbons (Fsp3) is 0.429. The summed E-state index contributed by atoms with van der Waals surface area (Å²) in [7, 11) is 1.56. The molecule has 7 heteroatoms. The lowest BCUT2D eigenvalue weighted by molar-refractivity contribution is 0.210. The predicted octanol–water partition coefficient (Wildman–Crippen LogP) is -0.0404. The van der Waals surface area contributed by atoms with Gasteiger partial charge in [0.25, 0.3) is 0 Å². The Labute approximate surface area is 80.7 Å². The van der Waals surface area contributed by atoms with E-state index in [1.807, 2.05) is 0 Å². The number of nitrogens with two attached hydrogens (primary N) is 1. The van der Waals surface area contributed by atoms with E-state index in [2.05, 4.69) is 20.7 Å². The van der Waals surface area contributed by atoms with Crippen molar-refractivity contribution in [1.82, 2.24) is 9.97 Å². The molecular formula is C7H12FN5O. The van der Waals surface area contributed by atoms with E-state index in [4.69, 9.17) is 10.6 Å². The van der Waals surface area contributed by atoms with Gasteiger partial charge >= 0.3 is 0 Å². The molecule has 0 aromatic carbocycles. The molecule has 1 heterocycles. The van der Waals surface area contributed by atoms with Gasteiger partial charge in [0.2, 0.25) is 5.95 Å². The van der Waals surface area contributed by atoms with Crippen LogP contribution in [-0.2, 0) is 4.74 Å². The van der Waals surface area contributed by atoms with Gasteiger partial charge in [-0.05, 0) is 0 Å². The molecule has 0 fully saturated rings. The van der Waals surface area contributed by atoms with E-state index in [0.717, 1.165) is 6.20 Å². The standard InChI is InChI=1S/C7H12FN5O/c1-14-3-2-10-6-5(8)4-11-7(12-6)13-9/h4H,2-3,9H2,1H3,(H2,10,11,12,13). The van der Waals surface area contributed by atoms with Crippen LogP contribution in [0.1, 0.15) is 0 Å². The van der Waals surface area contributed by atoms with Crippen LogP contribution in [-0.4, -0.2) is 30.2 Å². The first-order valence-electron chi connectivity index (χ1n) is 4.00. The zero-order chi connectivity index (χ0) is 10.4. The molecule has 0 bridgehead atoms. The minimum absolute atomic E-state index is 0.102. The van der Waals surface area contributed by atoms with Crippen LogP contribution < -0.4 is 16.6 Å². The van der Waals surface area contributed by atoms with Gasteiger partial charge in [0.05, 0.1) is 12.8 Å². The number of anilines is 2. The molecule has 0 spiro atoms. The third-order valence-electron chi connectivity index (χ3n) is 1.47. The van der Waals surface area contributed by atoms with Gasteiger partial charge < -0.3 is 10.1 Å². The summed E-state index contributed by atoms with van der Waals surface area (Å²) in [5, 5.41) is 2.74. The number of nitrogens with one attached hydrogen (secondary N) is 2. The molecule has 0 amide bonds. The predicted molar refractivity (Wildman–Crippen MR) is 50.2 cm³/mol. The van der Waals surface area contributed by atoms with Crippen molar-refractivity contribution in [3.05, 3.63) is 12.0 Å². The molecular weight excluding hydrogens is 189 g/mol. The van der Waals surface area contributed by atoms with E-state index in [1.165, 1.54) is 0 Å². The zero-order valence-corrected chi connectivity index (χ0v) is 7.75. The Balaban J connectivity index is 2.64. The smallest absolute Gasteiger partial charge is 0.239 e. The Morgan fingerprint density at radius 2 is 2.43 bits per heavy atom. The lowest BCUT2D eigenvalue weighted by atomic mass is 10.5. The highest BCUT2D eigenvalue weighted by Gasteiger charge is 2.04. The van der Waals surface area contributed by atoms with Crippen LogP contribution in [0.25, 0.3) is 0 Å². The zero-order valence-electron chi connectivity index (χ0n) is 7.75.